The molecule has 0 aliphatic heterocycles. The van der Waals surface area contributed by atoms with Gasteiger partial charge in [0.1, 0.15) is 0 Å². The molecule has 0 fully saturated rings. The first kappa shape index (κ1) is 11.0. The molecule has 0 atom stereocenters. The lowest BCUT2D eigenvalue weighted by Gasteiger charge is -1.83. The van der Waals surface area contributed by atoms with E-state index in [4.69, 9.17) is 0 Å². The molecule has 4 heteroatoms. The van der Waals surface area contributed by atoms with Crippen LogP contribution in [0.3, 0.4) is 0 Å². The average molecular weight is 224 g/mol. The minimum absolute atomic E-state index is 0.0686. The highest BCUT2D eigenvalue weighted by atomic mass is 32.2. The minimum atomic E-state index is 0.0686. The fourth-order valence-corrected chi connectivity index (χ4v) is 1.79. The monoisotopic (exact) mass is 224 g/mol. The summed E-state index contributed by atoms with van der Waals surface area (Å²) in [5, 5.41) is 0.0686. The third kappa shape index (κ3) is 3.77. The van der Waals surface area contributed by atoms with Crippen LogP contribution in [0.15, 0.2) is 12.1 Å². The maximum atomic E-state index is 10.6. The summed E-state index contributed by atoms with van der Waals surface area (Å²) in [5.41, 5.74) is 0. The summed E-state index contributed by atoms with van der Waals surface area (Å²) in [7, 11) is 0. The zero-order valence-corrected chi connectivity index (χ0v) is 9.21. The lowest BCUT2D eigenvalue weighted by Crippen LogP contribution is -1.81. The van der Waals surface area contributed by atoms with Gasteiger partial charge < -0.3 is 0 Å². The van der Waals surface area contributed by atoms with E-state index in [0.29, 0.717) is 10.6 Å². The van der Waals surface area contributed by atoms with Gasteiger partial charge >= 0.3 is 0 Å². The van der Waals surface area contributed by atoms with Crippen molar-refractivity contribution in [2.45, 2.75) is 6.92 Å². The van der Waals surface area contributed by atoms with Gasteiger partial charge in [-0.3, -0.25) is 9.59 Å². The van der Waals surface area contributed by atoms with Crippen LogP contribution < -0.4 is 0 Å². The van der Waals surface area contributed by atoms with Gasteiger partial charge in [0.05, 0.1) is 15.5 Å². The molecular weight excluding hydrogens is 216 g/mol. The molecule has 0 saturated heterocycles. The van der Waals surface area contributed by atoms with Gasteiger partial charge in [0.25, 0.3) is 0 Å². The molecule has 0 bridgehead atoms. The summed E-state index contributed by atoms with van der Waals surface area (Å²) in [6.45, 7) is 1.52. The van der Waals surface area contributed by atoms with Crippen LogP contribution in [-0.2, 0) is 4.79 Å². The molecule has 0 aliphatic carbocycles. The Bertz CT molecular complexity index is 396. The van der Waals surface area contributed by atoms with E-state index in [9.17, 15) is 9.59 Å². The largest absolute Gasteiger partial charge is 0.297 e. The molecule has 72 valence electrons. The van der Waals surface area contributed by atoms with Crippen molar-refractivity contribution in [3.63, 3.8) is 0 Å². The smallest absolute Gasteiger partial charge is 0.186 e. The lowest BCUT2D eigenvalue weighted by molar-refractivity contribution is -0.109. The van der Waals surface area contributed by atoms with Gasteiger partial charge in [-0.25, -0.2) is 0 Å². The molecular formula is C10H8O2S2. The van der Waals surface area contributed by atoms with Gasteiger partial charge in [-0.1, -0.05) is 23.6 Å². The Kier molecular flexibility index (Phi) is 4.44. The molecule has 0 aromatic carbocycles. The number of thiophene rings is 1. The van der Waals surface area contributed by atoms with Crippen LogP contribution in [0, 0.1) is 11.8 Å². The summed E-state index contributed by atoms with van der Waals surface area (Å²) in [5.74, 6) is 6.25. The fraction of sp³-hybridized carbons (Fsp3) is 0.200. The molecule has 0 radical (unpaired) electrons. The number of hydrogen-bond donors (Lipinski definition) is 0. The van der Waals surface area contributed by atoms with Crippen molar-refractivity contribution in [3.8, 4) is 11.8 Å². The van der Waals surface area contributed by atoms with E-state index >= 15 is 0 Å². The average Bonchev–Trinajstić information content (AvgIpc) is 2.60. The molecule has 2 nitrogen and oxygen atoms in total. The number of thioether (sulfide) groups is 1. The molecule has 1 aromatic rings. The van der Waals surface area contributed by atoms with Crippen molar-refractivity contribution in [2.24, 2.45) is 0 Å². The van der Waals surface area contributed by atoms with Gasteiger partial charge in [0.2, 0.25) is 0 Å². The Hall–Kier alpha value is -1.05. The summed E-state index contributed by atoms with van der Waals surface area (Å²) in [6, 6.07) is 3.54. The molecule has 14 heavy (non-hydrogen) atoms. The molecule has 0 N–H and O–H groups in total. The van der Waals surface area contributed by atoms with Crippen LogP contribution in [0.5, 0.6) is 0 Å². The standard InChI is InChI=1S/C10H8O2S2/c1-8(12)13-6-2-3-9-4-5-10(7-11)14-9/h4-5,7H,6H2,1H3. The predicted molar refractivity (Wildman–Crippen MR) is 59.7 cm³/mol. The molecule has 1 heterocycles. The van der Waals surface area contributed by atoms with Crippen molar-refractivity contribution in [1.29, 1.82) is 0 Å². The van der Waals surface area contributed by atoms with Gasteiger partial charge in [-0.2, -0.15) is 0 Å². The second kappa shape index (κ2) is 5.63. The van der Waals surface area contributed by atoms with Crippen molar-refractivity contribution in [2.75, 3.05) is 5.75 Å². The first-order valence-electron chi connectivity index (χ1n) is 3.89. The molecule has 1 aromatic heterocycles. The highest BCUT2D eigenvalue weighted by Crippen LogP contribution is 2.12. The van der Waals surface area contributed by atoms with Crippen LogP contribution in [0.1, 0.15) is 21.5 Å². The molecule has 0 amide bonds. The molecule has 0 saturated carbocycles. The first-order valence-corrected chi connectivity index (χ1v) is 5.70. The second-order valence-corrected chi connectivity index (χ2v) is 4.67. The van der Waals surface area contributed by atoms with Crippen LogP contribution in [-0.4, -0.2) is 17.2 Å². The number of carbonyl (C=O) groups excluding carboxylic acids is 2. The molecule has 0 aliphatic rings. The number of aldehydes is 1. The van der Waals surface area contributed by atoms with E-state index in [-0.39, 0.29) is 5.12 Å². The zero-order chi connectivity index (χ0) is 10.4. The SMILES string of the molecule is CC(=O)SCC#Cc1ccc(C=O)s1. The topological polar surface area (TPSA) is 34.1 Å². The third-order valence-corrected chi connectivity index (χ3v) is 2.92. The molecule has 1 rings (SSSR count). The second-order valence-electron chi connectivity index (χ2n) is 2.40. The van der Waals surface area contributed by atoms with Gasteiger partial charge in [-0.15, -0.1) is 11.3 Å². The van der Waals surface area contributed by atoms with E-state index < -0.39 is 0 Å². The number of carbonyl (C=O) groups is 2. The maximum absolute atomic E-state index is 10.6. The summed E-state index contributed by atoms with van der Waals surface area (Å²) >= 11 is 2.54. The van der Waals surface area contributed by atoms with Crippen molar-refractivity contribution < 1.29 is 9.59 Å². The van der Waals surface area contributed by atoms with Crippen LogP contribution in [0.2, 0.25) is 0 Å². The minimum Gasteiger partial charge on any atom is -0.297 e. The Morgan fingerprint density at radius 3 is 3.00 bits per heavy atom. The highest BCUT2D eigenvalue weighted by molar-refractivity contribution is 8.13. The Labute approximate surface area is 90.7 Å². The van der Waals surface area contributed by atoms with E-state index in [2.05, 4.69) is 11.8 Å². The fourth-order valence-electron chi connectivity index (χ4n) is 0.744. The Balaban J connectivity index is 2.50. The van der Waals surface area contributed by atoms with Crippen LogP contribution in [0.4, 0.5) is 0 Å². The van der Waals surface area contributed by atoms with Crippen molar-refractivity contribution in [1.82, 2.24) is 0 Å². The highest BCUT2D eigenvalue weighted by Gasteiger charge is 1.94. The first-order chi connectivity index (χ1) is 6.72. The molecule has 0 spiro atoms. The Morgan fingerprint density at radius 2 is 2.43 bits per heavy atom. The van der Waals surface area contributed by atoms with Gasteiger partial charge in [0, 0.05) is 6.92 Å². The maximum Gasteiger partial charge on any atom is 0.186 e. The number of hydrogen-bond acceptors (Lipinski definition) is 4. The Morgan fingerprint density at radius 1 is 1.64 bits per heavy atom. The lowest BCUT2D eigenvalue weighted by atomic mass is 10.4. The van der Waals surface area contributed by atoms with Gasteiger partial charge in [-0.05, 0) is 12.1 Å². The van der Waals surface area contributed by atoms with E-state index in [0.717, 1.165) is 11.2 Å². The zero-order valence-electron chi connectivity index (χ0n) is 7.57. The predicted octanol–water partition coefficient (Wildman–Crippen LogP) is 2.19. The summed E-state index contributed by atoms with van der Waals surface area (Å²) in [4.78, 5) is 22.4. The van der Waals surface area contributed by atoms with Crippen molar-refractivity contribution in [3.05, 3.63) is 21.9 Å². The van der Waals surface area contributed by atoms with E-state index in [1.165, 1.54) is 30.0 Å². The summed E-state index contributed by atoms with van der Waals surface area (Å²) < 4.78 is 0. The number of rotatable bonds is 2. The quantitative estimate of drug-likeness (QED) is 0.570. The van der Waals surface area contributed by atoms with Gasteiger partial charge in [0.15, 0.2) is 11.4 Å². The normalized spacial score (nSPS) is 8.93. The molecule has 0 unspecified atom stereocenters. The van der Waals surface area contributed by atoms with Crippen molar-refractivity contribution >= 4 is 34.5 Å². The van der Waals surface area contributed by atoms with Crippen LogP contribution >= 0.6 is 23.1 Å². The van der Waals surface area contributed by atoms with E-state index in [1.807, 2.05) is 0 Å². The van der Waals surface area contributed by atoms with E-state index in [1.54, 1.807) is 12.1 Å². The summed E-state index contributed by atoms with van der Waals surface area (Å²) in [6.07, 6.45) is 0.806. The third-order valence-electron chi connectivity index (χ3n) is 1.30. The van der Waals surface area contributed by atoms with Crippen LogP contribution in [0.25, 0.3) is 0 Å².